The molecule has 0 spiro atoms. The van der Waals surface area contributed by atoms with Crippen molar-refractivity contribution < 1.29 is 32.4 Å². The number of benzene rings is 1. The number of nitro groups is 1. The molecule has 0 heterocycles. The fourth-order valence-corrected chi connectivity index (χ4v) is 2.39. The smallest absolute Gasteiger partial charge is 0.322 e. The Morgan fingerprint density at radius 3 is 2.24 bits per heavy atom. The topological polar surface area (TPSA) is 102 Å². The fraction of sp³-hybridized carbons (Fsp3) is 0.500. The molecule has 0 N–H and O–H groups in total. The van der Waals surface area contributed by atoms with E-state index < -0.39 is 56.9 Å². The van der Waals surface area contributed by atoms with Gasteiger partial charge in [0.2, 0.25) is 5.82 Å². The average Bonchev–Trinajstić information content (AvgIpc) is 2.69. The summed E-state index contributed by atoms with van der Waals surface area (Å²) in [6.07, 6.45) is 1.27. The van der Waals surface area contributed by atoms with Crippen LogP contribution in [0.1, 0.15) is 43.1 Å². The molecule has 0 saturated heterocycles. The van der Waals surface area contributed by atoms with E-state index >= 15 is 0 Å². The first kappa shape index (κ1) is 24.1. The first-order valence-corrected chi connectivity index (χ1v) is 8.93. The minimum absolute atomic E-state index is 0.0664. The van der Waals surface area contributed by atoms with Crippen LogP contribution < -0.4 is 0 Å². The Labute approximate surface area is 165 Å². The van der Waals surface area contributed by atoms with Crippen LogP contribution >= 0.6 is 0 Å². The second-order valence-electron chi connectivity index (χ2n) is 5.96. The van der Waals surface area contributed by atoms with Crippen molar-refractivity contribution in [3.63, 3.8) is 0 Å². The van der Waals surface area contributed by atoms with Crippen LogP contribution in [0.5, 0.6) is 0 Å². The highest BCUT2D eigenvalue weighted by Crippen LogP contribution is 2.32. The number of hydrogen-bond donors (Lipinski definition) is 0. The molecule has 0 amide bonds. The van der Waals surface area contributed by atoms with Gasteiger partial charge in [-0.25, -0.2) is 8.78 Å². The molecule has 29 heavy (non-hydrogen) atoms. The van der Waals surface area contributed by atoms with Gasteiger partial charge >= 0.3 is 11.7 Å². The van der Waals surface area contributed by atoms with Crippen LogP contribution in [0.3, 0.4) is 0 Å². The molecule has 1 unspecified atom stereocenters. The third kappa shape index (κ3) is 5.30. The van der Waals surface area contributed by atoms with Gasteiger partial charge in [-0.3, -0.25) is 24.7 Å². The molecule has 160 valence electrons. The lowest BCUT2D eigenvalue weighted by Gasteiger charge is -2.16. The summed E-state index contributed by atoms with van der Waals surface area (Å²) in [5.74, 6) is -9.85. The van der Waals surface area contributed by atoms with Crippen LogP contribution in [0.2, 0.25) is 0 Å². The summed E-state index contributed by atoms with van der Waals surface area (Å²) in [5.41, 5.74) is -3.94. The van der Waals surface area contributed by atoms with Gasteiger partial charge in [0.1, 0.15) is 11.4 Å². The van der Waals surface area contributed by atoms with Crippen LogP contribution in [0.4, 0.5) is 18.9 Å². The quantitative estimate of drug-likeness (QED) is 0.110. The molecule has 1 atom stereocenters. The maximum atomic E-state index is 14.6. The van der Waals surface area contributed by atoms with E-state index in [9.17, 15) is 32.9 Å². The van der Waals surface area contributed by atoms with Crippen LogP contribution in [-0.2, 0) is 9.53 Å². The van der Waals surface area contributed by atoms with Gasteiger partial charge in [-0.2, -0.15) is 9.49 Å². The predicted octanol–water partition coefficient (Wildman–Crippen LogP) is 3.40. The van der Waals surface area contributed by atoms with Crippen molar-refractivity contribution in [2.45, 2.75) is 34.1 Å². The highest BCUT2D eigenvalue weighted by Gasteiger charge is 2.39. The minimum Gasteiger partial charge on any atom is -0.465 e. The highest BCUT2D eigenvalue weighted by molar-refractivity contribution is 6.20. The summed E-state index contributed by atoms with van der Waals surface area (Å²) < 4.78 is 47.4. The first-order chi connectivity index (χ1) is 13.6. The fourth-order valence-electron chi connectivity index (χ4n) is 2.39. The summed E-state index contributed by atoms with van der Waals surface area (Å²) in [6, 6.07) is 0. The minimum atomic E-state index is -1.99. The van der Waals surface area contributed by atoms with E-state index in [1.165, 1.54) is 5.01 Å². The summed E-state index contributed by atoms with van der Waals surface area (Å²) in [7, 11) is 0. The summed E-state index contributed by atoms with van der Waals surface area (Å²) >= 11 is 0. The number of esters is 1. The summed E-state index contributed by atoms with van der Waals surface area (Å²) in [6.45, 7) is 6.77. The van der Waals surface area contributed by atoms with Gasteiger partial charge in [0, 0.05) is 24.9 Å². The zero-order chi connectivity index (χ0) is 22.3. The molecular formula is C18H22F3N3O5. The van der Waals surface area contributed by atoms with Gasteiger partial charge in [0.25, 0.3) is 0 Å². The van der Waals surface area contributed by atoms with Crippen molar-refractivity contribution in [3.8, 4) is 0 Å². The van der Waals surface area contributed by atoms with Gasteiger partial charge in [-0.05, 0) is 27.2 Å². The number of ether oxygens (including phenoxy) is 1. The number of rotatable bonds is 10. The number of halogens is 3. The molecule has 0 fully saturated rings. The molecule has 11 heteroatoms. The van der Waals surface area contributed by atoms with Crippen LogP contribution in [0, 0.1) is 40.4 Å². The maximum absolute atomic E-state index is 14.6. The molecule has 0 aliphatic heterocycles. The Morgan fingerprint density at radius 1 is 1.17 bits per heavy atom. The lowest BCUT2D eigenvalue weighted by molar-refractivity contribution is -0.388. The first-order valence-electron chi connectivity index (χ1n) is 8.93. The molecule has 0 aliphatic rings. The molecule has 1 aromatic carbocycles. The Morgan fingerprint density at radius 2 is 1.76 bits per heavy atom. The maximum Gasteiger partial charge on any atom is 0.322 e. The van der Waals surface area contributed by atoms with Crippen molar-refractivity contribution in [3.05, 3.63) is 38.7 Å². The third-order valence-electron chi connectivity index (χ3n) is 4.04. The standard InChI is InChI=1S/C18H22F3N3O5/c1-5-8-29-18(26)11(9-22-23(6-2)7-3)17(25)12-13(19)10(4)14(20)15(21)16(12)24(27)28/h9,11H,5-8H2,1-4H3. The molecule has 0 saturated carbocycles. The van der Waals surface area contributed by atoms with Gasteiger partial charge < -0.3 is 4.74 Å². The number of ketones is 1. The lowest BCUT2D eigenvalue weighted by Crippen LogP contribution is -2.31. The zero-order valence-corrected chi connectivity index (χ0v) is 16.5. The van der Waals surface area contributed by atoms with Crippen molar-refractivity contribution in [2.24, 2.45) is 11.0 Å². The number of nitro benzene ring substituents is 1. The van der Waals surface area contributed by atoms with E-state index in [1.54, 1.807) is 20.8 Å². The van der Waals surface area contributed by atoms with E-state index in [1.807, 2.05) is 0 Å². The van der Waals surface area contributed by atoms with E-state index in [0.717, 1.165) is 13.1 Å². The second kappa shape index (κ2) is 10.5. The lowest BCUT2D eigenvalue weighted by atomic mass is 9.94. The van der Waals surface area contributed by atoms with Gasteiger partial charge in [0.15, 0.2) is 17.5 Å². The molecule has 1 aromatic rings. The Balaban J connectivity index is 3.61. The normalized spacial score (nSPS) is 12.1. The third-order valence-corrected chi connectivity index (χ3v) is 4.04. The number of carbonyl (C=O) groups is 2. The SMILES string of the molecule is CCCOC(=O)C(C=NN(CC)CC)C(=O)c1c(F)c(C)c(F)c(F)c1[N+](=O)[O-]. The molecule has 1 rings (SSSR count). The number of carbonyl (C=O) groups excluding carboxylic acids is 2. The van der Waals surface area contributed by atoms with Crippen molar-refractivity contribution in [2.75, 3.05) is 19.7 Å². The Kier molecular flexibility index (Phi) is 8.74. The molecule has 0 bridgehead atoms. The van der Waals surface area contributed by atoms with E-state index in [2.05, 4.69) is 5.10 Å². The van der Waals surface area contributed by atoms with Gasteiger partial charge in [-0.1, -0.05) is 6.92 Å². The largest absolute Gasteiger partial charge is 0.465 e. The van der Waals surface area contributed by atoms with E-state index in [-0.39, 0.29) is 6.61 Å². The Bertz CT molecular complexity index is 826. The van der Waals surface area contributed by atoms with E-state index in [0.29, 0.717) is 19.5 Å². The van der Waals surface area contributed by atoms with Gasteiger partial charge in [0.05, 0.1) is 11.5 Å². The highest BCUT2D eigenvalue weighted by atomic mass is 19.2. The predicted molar refractivity (Wildman–Crippen MR) is 98.2 cm³/mol. The van der Waals surface area contributed by atoms with Crippen LogP contribution in [-0.4, -0.2) is 47.6 Å². The molecule has 0 radical (unpaired) electrons. The monoisotopic (exact) mass is 417 g/mol. The van der Waals surface area contributed by atoms with Crippen molar-refractivity contribution in [1.29, 1.82) is 0 Å². The molecule has 0 aromatic heterocycles. The van der Waals surface area contributed by atoms with Crippen LogP contribution in [0.25, 0.3) is 0 Å². The second-order valence-corrected chi connectivity index (χ2v) is 5.96. The molecular weight excluding hydrogens is 395 g/mol. The van der Waals surface area contributed by atoms with Crippen molar-refractivity contribution >= 4 is 23.7 Å². The number of Topliss-reactive ketones (excluding diaryl/α,β-unsaturated/α-hetero) is 1. The zero-order valence-electron chi connectivity index (χ0n) is 16.5. The summed E-state index contributed by atoms with van der Waals surface area (Å²) in [4.78, 5) is 35.0. The molecule has 0 aliphatic carbocycles. The number of nitrogens with zero attached hydrogens (tertiary/aromatic N) is 3. The Hall–Kier alpha value is -2.98. The van der Waals surface area contributed by atoms with E-state index in [4.69, 9.17) is 4.74 Å². The number of hydrazone groups is 1. The molecule has 8 nitrogen and oxygen atoms in total. The van der Waals surface area contributed by atoms with Crippen molar-refractivity contribution in [1.82, 2.24) is 5.01 Å². The van der Waals surface area contributed by atoms with Crippen LogP contribution in [0.15, 0.2) is 5.10 Å². The summed E-state index contributed by atoms with van der Waals surface area (Å²) in [5, 5.41) is 16.6. The number of hydrogen-bond acceptors (Lipinski definition) is 7. The van der Waals surface area contributed by atoms with Gasteiger partial charge in [-0.15, -0.1) is 0 Å². The average molecular weight is 417 g/mol.